The lowest BCUT2D eigenvalue weighted by Gasteiger charge is -2.26. The largest absolute Gasteiger partial charge is 0.311 e. The summed E-state index contributed by atoms with van der Waals surface area (Å²) in [4.78, 5) is 0. The molecule has 1 heteroatoms. The van der Waals surface area contributed by atoms with Crippen LogP contribution in [-0.2, 0) is 0 Å². The summed E-state index contributed by atoms with van der Waals surface area (Å²) in [6.07, 6.45) is 5.38. The number of hydrogen-bond acceptors (Lipinski definition) is 1. The first kappa shape index (κ1) is 10.0. The SMILES string of the molecule is CCCCC1NC(C)CC1(C)C. The third kappa shape index (κ3) is 2.22. The molecule has 1 aliphatic rings. The molecule has 1 saturated heterocycles. The topological polar surface area (TPSA) is 12.0 Å². The Morgan fingerprint density at radius 2 is 2.08 bits per heavy atom. The fourth-order valence-electron chi connectivity index (χ4n) is 2.44. The summed E-state index contributed by atoms with van der Waals surface area (Å²) in [6.45, 7) is 9.35. The van der Waals surface area contributed by atoms with Crippen LogP contribution in [0.2, 0.25) is 0 Å². The van der Waals surface area contributed by atoms with E-state index in [1.165, 1.54) is 25.7 Å². The molecule has 0 aromatic heterocycles. The second-order valence-corrected chi connectivity index (χ2v) is 4.96. The van der Waals surface area contributed by atoms with Crippen LogP contribution >= 0.6 is 0 Å². The van der Waals surface area contributed by atoms with Gasteiger partial charge in [0.05, 0.1) is 0 Å². The van der Waals surface area contributed by atoms with E-state index >= 15 is 0 Å². The molecule has 12 heavy (non-hydrogen) atoms. The Morgan fingerprint density at radius 3 is 2.50 bits per heavy atom. The second-order valence-electron chi connectivity index (χ2n) is 4.96. The second kappa shape index (κ2) is 3.78. The van der Waals surface area contributed by atoms with Gasteiger partial charge in [-0.2, -0.15) is 0 Å². The first-order chi connectivity index (χ1) is 5.56. The molecule has 0 aromatic rings. The molecule has 72 valence electrons. The van der Waals surface area contributed by atoms with Crippen molar-refractivity contribution in [1.29, 1.82) is 0 Å². The first-order valence-electron chi connectivity index (χ1n) is 5.32. The Bertz CT molecular complexity index is 140. The Kier molecular flexibility index (Phi) is 3.16. The summed E-state index contributed by atoms with van der Waals surface area (Å²) in [7, 11) is 0. The van der Waals surface area contributed by atoms with Crippen molar-refractivity contribution in [2.24, 2.45) is 5.41 Å². The molecule has 1 nitrogen and oxygen atoms in total. The van der Waals surface area contributed by atoms with Crippen LogP contribution in [0.1, 0.15) is 53.4 Å². The zero-order valence-corrected chi connectivity index (χ0v) is 8.98. The number of unbranched alkanes of at least 4 members (excludes halogenated alkanes) is 1. The van der Waals surface area contributed by atoms with Crippen molar-refractivity contribution in [3.05, 3.63) is 0 Å². The van der Waals surface area contributed by atoms with E-state index in [0.29, 0.717) is 5.41 Å². The highest BCUT2D eigenvalue weighted by molar-refractivity contribution is 4.94. The van der Waals surface area contributed by atoms with Crippen LogP contribution in [0, 0.1) is 5.41 Å². The van der Waals surface area contributed by atoms with E-state index in [-0.39, 0.29) is 0 Å². The van der Waals surface area contributed by atoms with E-state index in [9.17, 15) is 0 Å². The van der Waals surface area contributed by atoms with E-state index in [4.69, 9.17) is 0 Å². The van der Waals surface area contributed by atoms with Crippen LogP contribution in [0.15, 0.2) is 0 Å². The van der Waals surface area contributed by atoms with Gasteiger partial charge in [-0.15, -0.1) is 0 Å². The van der Waals surface area contributed by atoms with Crippen molar-refractivity contribution in [2.45, 2.75) is 65.5 Å². The van der Waals surface area contributed by atoms with Crippen molar-refractivity contribution in [1.82, 2.24) is 5.32 Å². The van der Waals surface area contributed by atoms with Gasteiger partial charge in [0.1, 0.15) is 0 Å². The first-order valence-corrected chi connectivity index (χ1v) is 5.32. The van der Waals surface area contributed by atoms with Gasteiger partial charge >= 0.3 is 0 Å². The van der Waals surface area contributed by atoms with Crippen LogP contribution < -0.4 is 5.32 Å². The zero-order valence-electron chi connectivity index (χ0n) is 8.98. The predicted octanol–water partition coefficient (Wildman–Crippen LogP) is 2.95. The molecule has 0 bridgehead atoms. The Morgan fingerprint density at radius 1 is 1.42 bits per heavy atom. The van der Waals surface area contributed by atoms with E-state index in [0.717, 1.165) is 12.1 Å². The zero-order chi connectivity index (χ0) is 9.19. The summed E-state index contributed by atoms with van der Waals surface area (Å²) in [5.74, 6) is 0. The summed E-state index contributed by atoms with van der Waals surface area (Å²) < 4.78 is 0. The van der Waals surface area contributed by atoms with Crippen LogP contribution in [0.3, 0.4) is 0 Å². The highest BCUT2D eigenvalue weighted by Gasteiger charge is 2.37. The molecule has 0 aliphatic carbocycles. The Hall–Kier alpha value is -0.0400. The van der Waals surface area contributed by atoms with Crippen LogP contribution in [0.4, 0.5) is 0 Å². The predicted molar refractivity (Wildman–Crippen MR) is 54.3 cm³/mol. The van der Waals surface area contributed by atoms with Gasteiger partial charge < -0.3 is 5.32 Å². The normalized spacial score (nSPS) is 34.0. The number of nitrogens with one attached hydrogen (secondary N) is 1. The molecule has 1 fully saturated rings. The molecule has 1 rings (SSSR count). The highest BCUT2D eigenvalue weighted by atomic mass is 15.0. The monoisotopic (exact) mass is 169 g/mol. The van der Waals surface area contributed by atoms with Gasteiger partial charge in [0, 0.05) is 12.1 Å². The molecule has 1 heterocycles. The number of hydrogen-bond donors (Lipinski definition) is 1. The lowest BCUT2D eigenvalue weighted by Crippen LogP contribution is -2.33. The summed E-state index contributed by atoms with van der Waals surface area (Å²) in [5.41, 5.74) is 0.522. The Labute approximate surface area is 76.9 Å². The van der Waals surface area contributed by atoms with Gasteiger partial charge in [-0.3, -0.25) is 0 Å². The lowest BCUT2D eigenvalue weighted by atomic mass is 9.82. The maximum absolute atomic E-state index is 3.68. The van der Waals surface area contributed by atoms with Gasteiger partial charge in [-0.05, 0) is 25.2 Å². The summed E-state index contributed by atoms with van der Waals surface area (Å²) in [5, 5.41) is 3.68. The maximum Gasteiger partial charge on any atom is 0.0121 e. The molecule has 0 radical (unpaired) electrons. The molecule has 0 spiro atoms. The minimum absolute atomic E-state index is 0.522. The quantitative estimate of drug-likeness (QED) is 0.685. The van der Waals surface area contributed by atoms with Gasteiger partial charge in [0.15, 0.2) is 0 Å². The van der Waals surface area contributed by atoms with Crippen molar-refractivity contribution < 1.29 is 0 Å². The average Bonchev–Trinajstić information content (AvgIpc) is 2.20. The molecule has 2 unspecified atom stereocenters. The molecule has 0 aromatic carbocycles. The fourth-order valence-corrected chi connectivity index (χ4v) is 2.44. The fraction of sp³-hybridized carbons (Fsp3) is 1.00. The minimum atomic E-state index is 0.522. The smallest absolute Gasteiger partial charge is 0.0121 e. The van der Waals surface area contributed by atoms with Gasteiger partial charge in [-0.25, -0.2) is 0 Å². The van der Waals surface area contributed by atoms with E-state index in [1.54, 1.807) is 0 Å². The van der Waals surface area contributed by atoms with Crippen molar-refractivity contribution in [3.8, 4) is 0 Å². The maximum atomic E-state index is 3.68. The molecule has 2 atom stereocenters. The number of rotatable bonds is 3. The van der Waals surface area contributed by atoms with Crippen LogP contribution in [0.5, 0.6) is 0 Å². The van der Waals surface area contributed by atoms with E-state index in [2.05, 4.69) is 33.0 Å². The van der Waals surface area contributed by atoms with Crippen LogP contribution in [-0.4, -0.2) is 12.1 Å². The van der Waals surface area contributed by atoms with Gasteiger partial charge in [0.2, 0.25) is 0 Å². The van der Waals surface area contributed by atoms with E-state index < -0.39 is 0 Å². The minimum Gasteiger partial charge on any atom is -0.311 e. The molecule has 0 saturated carbocycles. The van der Waals surface area contributed by atoms with Gasteiger partial charge in [-0.1, -0.05) is 33.6 Å². The molecule has 1 aliphatic heterocycles. The van der Waals surface area contributed by atoms with Gasteiger partial charge in [0.25, 0.3) is 0 Å². The van der Waals surface area contributed by atoms with Crippen molar-refractivity contribution >= 4 is 0 Å². The molecule has 1 N–H and O–H groups in total. The highest BCUT2D eigenvalue weighted by Crippen LogP contribution is 2.35. The summed E-state index contributed by atoms with van der Waals surface area (Å²) >= 11 is 0. The third-order valence-electron chi connectivity index (χ3n) is 3.11. The molecule has 0 amide bonds. The van der Waals surface area contributed by atoms with Crippen molar-refractivity contribution in [2.75, 3.05) is 0 Å². The average molecular weight is 169 g/mol. The molecular weight excluding hydrogens is 146 g/mol. The van der Waals surface area contributed by atoms with Crippen LogP contribution in [0.25, 0.3) is 0 Å². The van der Waals surface area contributed by atoms with E-state index in [1.807, 2.05) is 0 Å². The lowest BCUT2D eigenvalue weighted by molar-refractivity contribution is 0.294. The van der Waals surface area contributed by atoms with Crippen molar-refractivity contribution in [3.63, 3.8) is 0 Å². The standard InChI is InChI=1S/C11H23N/c1-5-6-7-10-11(3,4)8-9(2)12-10/h9-10,12H,5-8H2,1-4H3. The summed E-state index contributed by atoms with van der Waals surface area (Å²) in [6, 6.07) is 1.48. The third-order valence-corrected chi connectivity index (χ3v) is 3.11. The molecular formula is C11H23N. The Balaban J connectivity index is 2.42.